The molecule has 128 valence electrons. The second-order valence-corrected chi connectivity index (χ2v) is 6.31. The number of benzene rings is 1. The van der Waals surface area contributed by atoms with Gasteiger partial charge in [-0.2, -0.15) is 5.10 Å². The summed E-state index contributed by atoms with van der Waals surface area (Å²) in [6.07, 6.45) is -0.492. The van der Waals surface area contributed by atoms with Crippen LogP contribution < -0.4 is 0 Å². The summed E-state index contributed by atoms with van der Waals surface area (Å²) >= 11 is 0. The summed E-state index contributed by atoms with van der Waals surface area (Å²) in [5, 5.41) is 14.6. The number of hydrogen-bond donors (Lipinski definition) is 1. The zero-order valence-corrected chi connectivity index (χ0v) is 14.2. The highest BCUT2D eigenvalue weighted by Crippen LogP contribution is 2.16. The molecule has 0 unspecified atom stereocenters. The fourth-order valence-electron chi connectivity index (χ4n) is 3.13. The maximum absolute atomic E-state index is 12.6. The van der Waals surface area contributed by atoms with Crippen LogP contribution in [0.2, 0.25) is 0 Å². The Morgan fingerprint density at radius 3 is 2.46 bits per heavy atom. The number of aromatic nitrogens is 2. The average molecular weight is 328 g/mol. The molecule has 0 saturated carbocycles. The number of carbonyl (C=O) groups excluding carboxylic acids is 1. The van der Waals surface area contributed by atoms with Gasteiger partial charge in [0.15, 0.2) is 0 Å². The van der Waals surface area contributed by atoms with Crippen LogP contribution in [0.4, 0.5) is 0 Å². The van der Waals surface area contributed by atoms with Crippen molar-refractivity contribution in [3.8, 4) is 0 Å². The molecular formula is C18H24N4O2. The van der Waals surface area contributed by atoms with E-state index in [1.54, 1.807) is 11.7 Å². The molecule has 1 aliphatic rings. The van der Waals surface area contributed by atoms with E-state index in [1.807, 2.05) is 48.2 Å². The van der Waals surface area contributed by atoms with Crippen LogP contribution >= 0.6 is 0 Å². The monoisotopic (exact) mass is 328 g/mol. The van der Waals surface area contributed by atoms with Crippen LogP contribution in [0.3, 0.4) is 0 Å². The first-order valence-corrected chi connectivity index (χ1v) is 8.30. The molecule has 0 aliphatic carbocycles. The zero-order chi connectivity index (χ0) is 17.1. The van der Waals surface area contributed by atoms with E-state index in [0.717, 1.165) is 24.3 Å². The summed E-state index contributed by atoms with van der Waals surface area (Å²) < 4.78 is 1.64. The molecule has 1 amide bonds. The summed E-state index contributed by atoms with van der Waals surface area (Å²) in [5.74, 6) is 0.0290. The van der Waals surface area contributed by atoms with Crippen molar-refractivity contribution in [1.29, 1.82) is 0 Å². The van der Waals surface area contributed by atoms with Gasteiger partial charge in [0.25, 0.3) is 5.91 Å². The van der Waals surface area contributed by atoms with E-state index in [9.17, 15) is 9.90 Å². The van der Waals surface area contributed by atoms with E-state index in [4.69, 9.17) is 0 Å². The minimum absolute atomic E-state index is 0.0290. The first kappa shape index (κ1) is 16.7. The summed E-state index contributed by atoms with van der Waals surface area (Å²) in [4.78, 5) is 16.6. The largest absolute Gasteiger partial charge is 0.387 e. The molecule has 1 fully saturated rings. The standard InChI is InChI=1S/C18H24N4O2/c1-14-12-16(20(2)19-14)18(24)22-10-8-21(9-11-22)13-17(23)15-6-4-3-5-7-15/h3-7,12,17,23H,8-11,13H2,1-2H3/t17-/m0/s1. The Hall–Kier alpha value is -2.18. The average Bonchev–Trinajstić information content (AvgIpc) is 2.94. The van der Waals surface area contributed by atoms with Gasteiger partial charge in [-0.1, -0.05) is 30.3 Å². The molecular weight excluding hydrogens is 304 g/mol. The van der Waals surface area contributed by atoms with Crippen LogP contribution in [0.1, 0.15) is 27.8 Å². The van der Waals surface area contributed by atoms with Crippen molar-refractivity contribution in [3.05, 3.63) is 53.3 Å². The number of aryl methyl sites for hydroxylation is 2. The van der Waals surface area contributed by atoms with E-state index < -0.39 is 6.10 Å². The van der Waals surface area contributed by atoms with Crippen LogP contribution in [0.5, 0.6) is 0 Å². The summed E-state index contributed by atoms with van der Waals surface area (Å²) in [7, 11) is 1.80. The van der Waals surface area contributed by atoms with Crippen LogP contribution in [0, 0.1) is 6.92 Å². The van der Waals surface area contributed by atoms with E-state index in [1.165, 1.54) is 0 Å². The van der Waals surface area contributed by atoms with Crippen molar-refractivity contribution in [2.75, 3.05) is 32.7 Å². The molecule has 24 heavy (non-hydrogen) atoms. The maximum Gasteiger partial charge on any atom is 0.272 e. The lowest BCUT2D eigenvalue weighted by Crippen LogP contribution is -2.49. The maximum atomic E-state index is 12.6. The van der Waals surface area contributed by atoms with E-state index in [-0.39, 0.29) is 5.91 Å². The number of β-amino-alcohol motifs (C(OH)–C–C–N with tert-alkyl or cyclic N) is 1. The molecule has 1 atom stereocenters. The van der Waals surface area contributed by atoms with Crippen molar-refractivity contribution < 1.29 is 9.90 Å². The fourth-order valence-corrected chi connectivity index (χ4v) is 3.13. The second-order valence-electron chi connectivity index (χ2n) is 6.31. The van der Waals surface area contributed by atoms with Gasteiger partial charge >= 0.3 is 0 Å². The number of aliphatic hydroxyl groups is 1. The van der Waals surface area contributed by atoms with Gasteiger partial charge in [0.05, 0.1) is 11.8 Å². The molecule has 0 spiro atoms. The lowest BCUT2D eigenvalue weighted by Gasteiger charge is -2.35. The minimum atomic E-state index is -0.492. The molecule has 2 aromatic rings. The van der Waals surface area contributed by atoms with Crippen LogP contribution in [-0.4, -0.2) is 63.3 Å². The van der Waals surface area contributed by atoms with E-state index in [2.05, 4.69) is 10.00 Å². The van der Waals surface area contributed by atoms with Gasteiger partial charge in [-0.3, -0.25) is 14.4 Å². The van der Waals surface area contributed by atoms with Crippen LogP contribution in [0.25, 0.3) is 0 Å². The highest BCUT2D eigenvalue weighted by Gasteiger charge is 2.25. The van der Waals surface area contributed by atoms with Crippen molar-refractivity contribution >= 4 is 5.91 Å². The molecule has 1 aliphatic heterocycles. The summed E-state index contributed by atoms with van der Waals surface area (Å²) in [6, 6.07) is 11.5. The van der Waals surface area contributed by atoms with Gasteiger partial charge < -0.3 is 10.0 Å². The molecule has 1 aromatic heterocycles. The number of aliphatic hydroxyl groups excluding tert-OH is 1. The Morgan fingerprint density at radius 1 is 1.21 bits per heavy atom. The molecule has 3 rings (SSSR count). The zero-order valence-electron chi connectivity index (χ0n) is 14.2. The van der Waals surface area contributed by atoms with Gasteiger partial charge in [0.1, 0.15) is 5.69 Å². The number of carbonyl (C=O) groups is 1. The Balaban J connectivity index is 1.54. The number of piperazine rings is 1. The topological polar surface area (TPSA) is 61.6 Å². The van der Waals surface area contributed by atoms with Gasteiger partial charge in [0, 0.05) is 39.8 Å². The molecule has 0 bridgehead atoms. The highest BCUT2D eigenvalue weighted by atomic mass is 16.3. The van der Waals surface area contributed by atoms with E-state index >= 15 is 0 Å². The Morgan fingerprint density at radius 2 is 1.88 bits per heavy atom. The Labute approximate surface area is 142 Å². The third-order valence-electron chi connectivity index (χ3n) is 4.50. The lowest BCUT2D eigenvalue weighted by atomic mass is 10.1. The molecule has 1 N–H and O–H groups in total. The van der Waals surface area contributed by atoms with Crippen molar-refractivity contribution in [1.82, 2.24) is 19.6 Å². The van der Waals surface area contributed by atoms with Gasteiger partial charge in [-0.05, 0) is 18.6 Å². The smallest absolute Gasteiger partial charge is 0.272 e. The minimum Gasteiger partial charge on any atom is -0.387 e. The lowest BCUT2D eigenvalue weighted by molar-refractivity contribution is 0.0519. The molecule has 6 heteroatoms. The first-order valence-electron chi connectivity index (χ1n) is 8.30. The van der Waals surface area contributed by atoms with E-state index in [0.29, 0.717) is 25.3 Å². The van der Waals surface area contributed by atoms with Gasteiger partial charge in [-0.15, -0.1) is 0 Å². The molecule has 1 aromatic carbocycles. The van der Waals surface area contributed by atoms with Crippen molar-refractivity contribution in [2.24, 2.45) is 7.05 Å². The van der Waals surface area contributed by atoms with Crippen LogP contribution in [0.15, 0.2) is 36.4 Å². The van der Waals surface area contributed by atoms with Gasteiger partial charge in [-0.25, -0.2) is 0 Å². The molecule has 1 saturated heterocycles. The third-order valence-corrected chi connectivity index (χ3v) is 4.50. The highest BCUT2D eigenvalue weighted by molar-refractivity contribution is 5.92. The molecule has 6 nitrogen and oxygen atoms in total. The predicted molar refractivity (Wildman–Crippen MR) is 91.7 cm³/mol. The Bertz CT molecular complexity index is 690. The third kappa shape index (κ3) is 3.66. The summed E-state index contributed by atoms with van der Waals surface area (Å²) in [6.45, 7) is 5.37. The van der Waals surface area contributed by atoms with Gasteiger partial charge in [0.2, 0.25) is 0 Å². The fraction of sp³-hybridized carbons (Fsp3) is 0.444. The number of rotatable bonds is 4. The second kappa shape index (κ2) is 7.15. The van der Waals surface area contributed by atoms with Crippen molar-refractivity contribution in [3.63, 3.8) is 0 Å². The molecule has 2 heterocycles. The molecule has 0 radical (unpaired) electrons. The van der Waals surface area contributed by atoms with Crippen LogP contribution in [-0.2, 0) is 7.05 Å². The predicted octanol–water partition coefficient (Wildman–Crippen LogP) is 1.22. The normalized spacial score (nSPS) is 17.0. The first-order chi connectivity index (χ1) is 11.5. The Kier molecular flexibility index (Phi) is 4.97. The summed E-state index contributed by atoms with van der Waals surface area (Å²) in [5.41, 5.74) is 2.41. The number of hydrogen-bond acceptors (Lipinski definition) is 4. The van der Waals surface area contributed by atoms with Crippen molar-refractivity contribution in [2.45, 2.75) is 13.0 Å². The SMILES string of the molecule is Cc1cc(C(=O)N2CCN(C[C@H](O)c3ccccc3)CC2)n(C)n1. The number of nitrogens with zero attached hydrogens (tertiary/aromatic N) is 4. The quantitative estimate of drug-likeness (QED) is 0.917. The number of amides is 1.